The van der Waals surface area contributed by atoms with Crippen molar-refractivity contribution in [2.45, 2.75) is 80.5 Å². The first kappa shape index (κ1) is 49.6. The van der Waals surface area contributed by atoms with E-state index >= 15 is 0 Å². The van der Waals surface area contributed by atoms with Crippen LogP contribution in [0.1, 0.15) is 13.3 Å². The van der Waals surface area contributed by atoms with Gasteiger partial charge in [0.1, 0.15) is 67.1 Å². The molecule has 10 aliphatic heterocycles. The molecule has 0 aromatic rings. The van der Waals surface area contributed by atoms with Gasteiger partial charge in [-0.1, -0.05) is 6.92 Å². The van der Waals surface area contributed by atoms with E-state index in [-0.39, 0.29) is 59.7 Å². The van der Waals surface area contributed by atoms with Gasteiger partial charge in [0, 0.05) is 5.41 Å². The number of hydrogen-bond acceptors (Lipinski definition) is 20. The third-order valence-corrected chi connectivity index (χ3v) is 11.5. The minimum Gasteiger partial charge on any atom is -0.378 e. The fraction of sp³-hybridized carbons (Fsp3) is 1.00. The van der Waals surface area contributed by atoms with Crippen molar-refractivity contribution in [3.8, 4) is 0 Å². The van der Waals surface area contributed by atoms with E-state index in [1.807, 2.05) is 0 Å². The Hall–Kier alpha value is -0.800. The van der Waals surface area contributed by atoms with Crippen LogP contribution in [0.25, 0.3) is 0 Å². The average Bonchev–Trinajstić information content (AvgIpc) is 4.09. The molecule has 370 valence electrons. The first-order valence-electron chi connectivity index (χ1n) is 23.5. The molecule has 0 radical (unpaired) electrons. The van der Waals surface area contributed by atoms with Crippen LogP contribution in [0.3, 0.4) is 0 Å². The van der Waals surface area contributed by atoms with Crippen LogP contribution >= 0.6 is 0 Å². The second-order valence-electron chi connectivity index (χ2n) is 18.5. The molecule has 0 amide bonds. The summed E-state index contributed by atoms with van der Waals surface area (Å²) in [4.78, 5) is 0. The van der Waals surface area contributed by atoms with E-state index in [9.17, 15) is 0 Å². The Labute approximate surface area is 377 Å². The van der Waals surface area contributed by atoms with E-state index in [0.29, 0.717) is 144 Å². The van der Waals surface area contributed by atoms with Crippen LogP contribution < -0.4 is 0 Å². The van der Waals surface area contributed by atoms with E-state index in [1.54, 1.807) is 0 Å². The van der Waals surface area contributed by atoms with Gasteiger partial charge in [0.2, 0.25) is 0 Å². The van der Waals surface area contributed by atoms with Gasteiger partial charge in [-0.3, -0.25) is 0 Å². The first-order chi connectivity index (χ1) is 31.5. The molecule has 10 fully saturated rings. The average molecular weight is 923 g/mol. The molecule has 10 heterocycles. The van der Waals surface area contributed by atoms with Crippen molar-refractivity contribution >= 4 is 0 Å². The SMILES string of the molecule is C(OCC(COCC1CO1)(COCC1CO1)COCC1CO1)C1CO1.C(OCC1CO1)C(COCC1CO1)OCC1CO1.CCC(COCC1CO1)(COCC1CO1)COCC1CO1. The zero-order chi connectivity index (χ0) is 43.7. The summed E-state index contributed by atoms with van der Waals surface area (Å²) in [5.74, 6) is 0. The third-order valence-electron chi connectivity index (χ3n) is 11.5. The normalized spacial score (nSPS) is 33.9. The van der Waals surface area contributed by atoms with E-state index < -0.39 is 0 Å². The lowest BCUT2D eigenvalue weighted by Gasteiger charge is -2.32. The van der Waals surface area contributed by atoms with Crippen LogP contribution in [0.4, 0.5) is 0 Å². The molecule has 0 spiro atoms. The fourth-order valence-corrected chi connectivity index (χ4v) is 6.22. The summed E-state index contributed by atoms with van der Waals surface area (Å²) in [6.07, 6.45) is 3.59. The number of ether oxygens (including phenoxy) is 20. The summed E-state index contributed by atoms with van der Waals surface area (Å²) >= 11 is 0. The second-order valence-corrected chi connectivity index (χ2v) is 18.5. The maximum Gasteiger partial charge on any atom is 0.104 e. The zero-order valence-electron chi connectivity index (χ0n) is 37.7. The van der Waals surface area contributed by atoms with E-state index in [1.165, 1.54) is 0 Å². The van der Waals surface area contributed by atoms with Crippen molar-refractivity contribution < 1.29 is 94.7 Å². The lowest BCUT2D eigenvalue weighted by atomic mass is 9.88. The summed E-state index contributed by atoms with van der Waals surface area (Å²) in [6.45, 7) is 21.6. The molecule has 0 aromatic heterocycles. The van der Waals surface area contributed by atoms with Gasteiger partial charge in [-0.05, 0) is 6.42 Å². The van der Waals surface area contributed by atoms with Crippen molar-refractivity contribution in [3.05, 3.63) is 0 Å². The Morgan fingerprint density at radius 3 is 0.734 bits per heavy atom. The molecule has 0 aromatic carbocycles. The van der Waals surface area contributed by atoms with Crippen molar-refractivity contribution in [3.63, 3.8) is 0 Å². The van der Waals surface area contributed by atoms with Gasteiger partial charge in [-0.25, -0.2) is 0 Å². The van der Waals surface area contributed by atoms with E-state index in [0.717, 1.165) is 72.5 Å². The highest BCUT2D eigenvalue weighted by molar-refractivity contribution is 4.84. The van der Waals surface area contributed by atoms with Gasteiger partial charge >= 0.3 is 0 Å². The predicted octanol–water partition coefficient (Wildman–Crippen LogP) is -0.135. The summed E-state index contributed by atoms with van der Waals surface area (Å²) in [5, 5.41) is 0. The number of hydrogen-bond donors (Lipinski definition) is 0. The van der Waals surface area contributed by atoms with Crippen molar-refractivity contribution in [1.82, 2.24) is 0 Å². The fourth-order valence-electron chi connectivity index (χ4n) is 6.22. The molecule has 10 unspecified atom stereocenters. The molecular formula is C44H74O20. The predicted molar refractivity (Wildman–Crippen MR) is 220 cm³/mol. The highest BCUT2D eigenvalue weighted by Crippen LogP contribution is 2.28. The molecule has 0 bridgehead atoms. The molecule has 0 aliphatic carbocycles. The van der Waals surface area contributed by atoms with Crippen molar-refractivity contribution in [2.75, 3.05) is 192 Å². The monoisotopic (exact) mass is 922 g/mol. The Balaban J connectivity index is 0.000000133. The minimum absolute atomic E-state index is 0.0355. The van der Waals surface area contributed by atoms with Gasteiger partial charge in [-0.15, -0.1) is 0 Å². The first-order valence-corrected chi connectivity index (χ1v) is 23.5. The molecule has 0 saturated carbocycles. The van der Waals surface area contributed by atoms with Gasteiger partial charge in [-0.2, -0.15) is 0 Å². The summed E-state index contributed by atoms with van der Waals surface area (Å²) in [7, 11) is 0. The highest BCUT2D eigenvalue weighted by Gasteiger charge is 2.38. The standard InChI is InChI=1S/C17H28O8.C15H26O6.C12H20O6/c1(13-5-22-13)18-9-17(10-19-2-14-6-23-14,11-20-3-15-7-24-15)12-21-4-16-8-25-16;1-2-15(9-16-3-12-6-19-12,10-17-4-13-7-20-13)11-18-5-14-8-21-14;1(13-3-10-5-16-10)9(15-7-12-8-18-12)2-14-4-11-6-17-11/h13-16H,1-12H2;12-14H,2-11H2,1H3;9-12H,1-8H2. The van der Waals surface area contributed by atoms with Crippen LogP contribution in [-0.4, -0.2) is 259 Å². The van der Waals surface area contributed by atoms with Crippen LogP contribution in [-0.2, 0) is 94.7 Å². The summed E-state index contributed by atoms with van der Waals surface area (Å²) in [6, 6.07) is 0. The van der Waals surface area contributed by atoms with Gasteiger partial charge in [0.15, 0.2) is 0 Å². The molecule has 0 N–H and O–H groups in total. The second kappa shape index (κ2) is 26.3. The van der Waals surface area contributed by atoms with Crippen molar-refractivity contribution in [2.24, 2.45) is 10.8 Å². The lowest BCUT2D eigenvalue weighted by Crippen LogP contribution is -2.43. The Morgan fingerprint density at radius 2 is 0.516 bits per heavy atom. The molecular weight excluding hydrogens is 848 g/mol. The lowest BCUT2D eigenvalue weighted by molar-refractivity contribution is -0.111. The topological polar surface area (TPSA) is 218 Å². The summed E-state index contributed by atoms with van der Waals surface area (Å²) in [5.41, 5.74) is -0.452. The Bertz CT molecular complexity index is 1120. The van der Waals surface area contributed by atoms with Crippen molar-refractivity contribution in [1.29, 1.82) is 0 Å². The van der Waals surface area contributed by atoms with Crippen LogP contribution in [0.2, 0.25) is 0 Å². The molecule has 64 heavy (non-hydrogen) atoms. The van der Waals surface area contributed by atoms with Gasteiger partial charge in [0.05, 0.1) is 197 Å². The highest BCUT2D eigenvalue weighted by atomic mass is 16.7. The largest absolute Gasteiger partial charge is 0.378 e. The molecule has 10 rings (SSSR count). The number of rotatable bonds is 40. The maximum atomic E-state index is 5.88. The van der Waals surface area contributed by atoms with E-state index in [2.05, 4.69) is 6.92 Å². The van der Waals surface area contributed by atoms with Gasteiger partial charge in [0.25, 0.3) is 0 Å². The Morgan fingerprint density at radius 1 is 0.312 bits per heavy atom. The quantitative estimate of drug-likeness (QED) is 0.0731. The molecule has 10 saturated heterocycles. The van der Waals surface area contributed by atoms with E-state index in [4.69, 9.17) is 94.7 Å². The van der Waals surface area contributed by atoms with Crippen LogP contribution in [0.15, 0.2) is 0 Å². The number of epoxide rings is 10. The van der Waals surface area contributed by atoms with Crippen LogP contribution in [0.5, 0.6) is 0 Å². The zero-order valence-corrected chi connectivity index (χ0v) is 37.7. The Kier molecular flexibility index (Phi) is 20.4. The molecule has 20 heteroatoms. The maximum absolute atomic E-state index is 5.88. The van der Waals surface area contributed by atoms with Gasteiger partial charge < -0.3 is 94.7 Å². The molecule has 20 nitrogen and oxygen atoms in total. The minimum atomic E-state index is -0.354. The molecule has 10 aliphatic rings. The van der Waals surface area contributed by atoms with Crippen LogP contribution in [0, 0.1) is 10.8 Å². The smallest absolute Gasteiger partial charge is 0.104 e. The summed E-state index contributed by atoms with van der Waals surface area (Å²) < 4.78 is 109. The third kappa shape index (κ3) is 23.0. The molecule has 10 atom stereocenters.